The number of anilines is 2. The van der Waals surface area contributed by atoms with Gasteiger partial charge in [-0.3, -0.25) is 0 Å². The molecule has 0 bridgehead atoms. The zero-order valence-electron chi connectivity index (χ0n) is 12.2. The molecule has 0 aliphatic carbocycles. The summed E-state index contributed by atoms with van der Waals surface area (Å²) in [6, 6.07) is 2.35. The number of ether oxygens (including phenoxy) is 1. The zero-order valence-corrected chi connectivity index (χ0v) is 12.2. The molecule has 2 rings (SSSR count). The Kier molecular flexibility index (Phi) is 4.30. The fourth-order valence-corrected chi connectivity index (χ4v) is 2.80. The SMILES string of the molecule is CCC1(CC)CC(Nc2ncc(C)cc2N)CCO1. The lowest BCUT2D eigenvalue weighted by molar-refractivity contribution is -0.0864. The molecule has 1 aromatic heterocycles. The van der Waals surface area contributed by atoms with Crippen LogP contribution in [0.25, 0.3) is 0 Å². The van der Waals surface area contributed by atoms with Crippen LogP contribution in [0.5, 0.6) is 0 Å². The van der Waals surface area contributed by atoms with E-state index >= 15 is 0 Å². The van der Waals surface area contributed by atoms with Gasteiger partial charge >= 0.3 is 0 Å². The molecule has 106 valence electrons. The third-order valence-electron chi connectivity index (χ3n) is 4.18. The molecule has 1 fully saturated rings. The number of pyridine rings is 1. The second-order valence-electron chi connectivity index (χ2n) is 5.52. The Hall–Kier alpha value is -1.29. The molecule has 0 aromatic carbocycles. The zero-order chi connectivity index (χ0) is 13.9. The molecule has 1 aliphatic heterocycles. The number of nitrogens with two attached hydrogens (primary N) is 1. The number of aryl methyl sites for hydroxylation is 1. The van der Waals surface area contributed by atoms with E-state index in [2.05, 4.69) is 24.1 Å². The van der Waals surface area contributed by atoms with Gasteiger partial charge in [-0.1, -0.05) is 13.8 Å². The topological polar surface area (TPSA) is 60.2 Å². The quantitative estimate of drug-likeness (QED) is 0.876. The number of nitrogen functional groups attached to an aromatic ring is 1. The maximum atomic E-state index is 6.01. The maximum absolute atomic E-state index is 6.01. The molecule has 0 saturated carbocycles. The van der Waals surface area contributed by atoms with Crippen molar-refractivity contribution in [2.24, 2.45) is 0 Å². The summed E-state index contributed by atoms with van der Waals surface area (Å²) < 4.78 is 5.99. The van der Waals surface area contributed by atoms with E-state index < -0.39 is 0 Å². The summed E-state index contributed by atoms with van der Waals surface area (Å²) in [6.45, 7) is 7.21. The van der Waals surface area contributed by atoms with Gasteiger partial charge in [0.1, 0.15) is 5.82 Å². The molecular weight excluding hydrogens is 238 g/mol. The van der Waals surface area contributed by atoms with Crippen LogP contribution in [0.4, 0.5) is 11.5 Å². The average Bonchev–Trinajstić information content (AvgIpc) is 2.42. The third-order valence-corrected chi connectivity index (χ3v) is 4.18. The summed E-state index contributed by atoms with van der Waals surface area (Å²) in [6.07, 6.45) is 5.99. The highest BCUT2D eigenvalue weighted by Gasteiger charge is 2.34. The van der Waals surface area contributed by atoms with E-state index in [-0.39, 0.29) is 5.60 Å². The Morgan fingerprint density at radius 2 is 2.21 bits per heavy atom. The molecule has 1 saturated heterocycles. The van der Waals surface area contributed by atoms with Gasteiger partial charge in [0.2, 0.25) is 0 Å². The minimum atomic E-state index is 0.0232. The van der Waals surface area contributed by atoms with Crippen molar-refractivity contribution < 1.29 is 4.74 Å². The Morgan fingerprint density at radius 1 is 1.47 bits per heavy atom. The van der Waals surface area contributed by atoms with Gasteiger partial charge in [-0.25, -0.2) is 4.98 Å². The van der Waals surface area contributed by atoms with Gasteiger partial charge in [0.25, 0.3) is 0 Å². The number of nitrogens with one attached hydrogen (secondary N) is 1. The van der Waals surface area contributed by atoms with Crippen molar-refractivity contribution in [3.8, 4) is 0 Å². The van der Waals surface area contributed by atoms with Crippen LogP contribution in [0, 0.1) is 6.92 Å². The molecule has 4 nitrogen and oxygen atoms in total. The first-order valence-electron chi connectivity index (χ1n) is 7.21. The molecule has 1 unspecified atom stereocenters. The van der Waals surface area contributed by atoms with Crippen LogP contribution in [0.3, 0.4) is 0 Å². The van der Waals surface area contributed by atoms with Gasteiger partial charge < -0.3 is 15.8 Å². The Balaban J connectivity index is 2.06. The van der Waals surface area contributed by atoms with E-state index in [9.17, 15) is 0 Å². The van der Waals surface area contributed by atoms with Gasteiger partial charge in [0.05, 0.1) is 11.3 Å². The van der Waals surface area contributed by atoms with Crippen molar-refractivity contribution in [1.82, 2.24) is 4.98 Å². The number of rotatable bonds is 4. The predicted octanol–water partition coefficient (Wildman–Crippen LogP) is 3.12. The van der Waals surface area contributed by atoms with E-state index in [1.54, 1.807) is 0 Å². The van der Waals surface area contributed by atoms with Gasteiger partial charge in [-0.15, -0.1) is 0 Å². The summed E-state index contributed by atoms with van der Waals surface area (Å²) in [7, 11) is 0. The molecule has 3 N–H and O–H groups in total. The van der Waals surface area contributed by atoms with E-state index in [1.807, 2.05) is 19.2 Å². The second kappa shape index (κ2) is 5.78. The van der Waals surface area contributed by atoms with E-state index in [4.69, 9.17) is 10.5 Å². The highest BCUT2D eigenvalue weighted by atomic mass is 16.5. The van der Waals surface area contributed by atoms with E-state index in [0.717, 1.165) is 49.4 Å². The number of aromatic nitrogens is 1. The van der Waals surface area contributed by atoms with Crippen molar-refractivity contribution >= 4 is 11.5 Å². The second-order valence-corrected chi connectivity index (χ2v) is 5.52. The lowest BCUT2D eigenvalue weighted by Gasteiger charge is -2.40. The molecular formula is C15H25N3O. The molecule has 0 amide bonds. The number of nitrogens with zero attached hydrogens (tertiary/aromatic N) is 1. The van der Waals surface area contributed by atoms with Crippen LogP contribution in [0.1, 0.15) is 45.1 Å². The largest absolute Gasteiger partial charge is 0.396 e. The van der Waals surface area contributed by atoms with Crippen molar-refractivity contribution in [3.05, 3.63) is 17.8 Å². The normalized spacial score (nSPS) is 22.2. The van der Waals surface area contributed by atoms with Crippen molar-refractivity contribution in [3.63, 3.8) is 0 Å². The number of hydrogen-bond acceptors (Lipinski definition) is 4. The van der Waals surface area contributed by atoms with E-state index in [1.165, 1.54) is 0 Å². The molecule has 0 radical (unpaired) electrons. The summed E-state index contributed by atoms with van der Waals surface area (Å²) in [5.74, 6) is 0.804. The highest BCUT2D eigenvalue weighted by molar-refractivity contribution is 5.62. The van der Waals surface area contributed by atoms with Gasteiger partial charge in [-0.05, 0) is 44.2 Å². The summed E-state index contributed by atoms with van der Waals surface area (Å²) in [5, 5.41) is 3.48. The van der Waals surface area contributed by atoms with Crippen molar-refractivity contribution in [1.29, 1.82) is 0 Å². The van der Waals surface area contributed by atoms with Gasteiger partial charge in [-0.2, -0.15) is 0 Å². The average molecular weight is 263 g/mol. The molecule has 1 aromatic rings. The maximum Gasteiger partial charge on any atom is 0.149 e. The highest BCUT2D eigenvalue weighted by Crippen LogP contribution is 2.33. The lowest BCUT2D eigenvalue weighted by atomic mass is 9.86. The monoisotopic (exact) mass is 263 g/mol. The molecule has 1 aliphatic rings. The molecule has 4 heteroatoms. The van der Waals surface area contributed by atoms with Crippen LogP contribution in [-0.2, 0) is 4.74 Å². The third kappa shape index (κ3) is 3.18. The minimum Gasteiger partial charge on any atom is -0.396 e. The molecule has 19 heavy (non-hydrogen) atoms. The molecule has 0 spiro atoms. The standard InChI is InChI=1S/C15H25N3O/c1-4-15(5-2)9-12(6-7-19-15)18-14-13(16)8-11(3)10-17-14/h8,10,12H,4-7,9,16H2,1-3H3,(H,17,18). The first-order valence-corrected chi connectivity index (χ1v) is 7.21. The Bertz CT molecular complexity index is 429. The Morgan fingerprint density at radius 3 is 2.84 bits per heavy atom. The number of hydrogen-bond donors (Lipinski definition) is 2. The fraction of sp³-hybridized carbons (Fsp3) is 0.667. The minimum absolute atomic E-state index is 0.0232. The fourth-order valence-electron chi connectivity index (χ4n) is 2.80. The van der Waals surface area contributed by atoms with Crippen LogP contribution in [0.15, 0.2) is 12.3 Å². The summed E-state index contributed by atoms with van der Waals surface area (Å²) in [5.41, 5.74) is 7.85. The van der Waals surface area contributed by atoms with Crippen LogP contribution in [0.2, 0.25) is 0 Å². The van der Waals surface area contributed by atoms with Crippen molar-refractivity contribution in [2.75, 3.05) is 17.7 Å². The summed E-state index contributed by atoms with van der Waals surface area (Å²) in [4.78, 5) is 4.39. The van der Waals surface area contributed by atoms with E-state index in [0.29, 0.717) is 6.04 Å². The lowest BCUT2D eigenvalue weighted by Crippen LogP contribution is -2.43. The van der Waals surface area contributed by atoms with Crippen LogP contribution in [-0.4, -0.2) is 23.2 Å². The molecule has 1 atom stereocenters. The van der Waals surface area contributed by atoms with Crippen LogP contribution < -0.4 is 11.1 Å². The first kappa shape index (κ1) is 14.1. The first-order chi connectivity index (χ1) is 9.08. The van der Waals surface area contributed by atoms with Gasteiger partial charge in [0.15, 0.2) is 0 Å². The van der Waals surface area contributed by atoms with Crippen molar-refractivity contribution in [2.45, 2.75) is 58.1 Å². The molecule has 2 heterocycles. The van der Waals surface area contributed by atoms with Crippen LogP contribution >= 0.6 is 0 Å². The summed E-state index contributed by atoms with van der Waals surface area (Å²) >= 11 is 0. The predicted molar refractivity (Wildman–Crippen MR) is 79.3 cm³/mol. The Labute approximate surface area is 115 Å². The smallest absolute Gasteiger partial charge is 0.149 e. The van der Waals surface area contributed by atoms with Gasteiger partial charge in [0, 0.05) is 18.8 Å².